The normalized spacial score (nSPS) is 39.3. The minimum atomic E-state index is -1.08. The van der Waals surface area contributed by atoms with Crippen LogP contribution < -0.4 is 0 Å². The molecule has 5 heteroatoms. The SMILES string of the molecule is CC[C@H](C(=O)O)N1C(=O)[C@H]2[C@@H]3CC[C@@H](C3)[C@@H]2C1=O. The van der Waals surface area contributed by atoms with E-state index in [2.05, 4.69) is 0 Å². The minimum Gasteiger partial charge on any atom is -0.480 e. The number of rotatable bonds is 3. The number of carbonyl (C=O) groups is 3. The van der Waals surface area contributed by atoms with Gasteiger partial charge in [0.25, 0.3) is 0 Å². The van der Waals surface area contributed by atoms with E-state index in [-0.39, 0.29) is 30.1 Å². The number of carboxylic acid groups (broad SMARTS) is 1. The standard InChI is InChI=1S/C13H17NO4/c1-2-8(13(17)18)14-11(15)9-6-3-4-7(5-6)10(9)12(14)16/h6-10H,2-5H2,1H3,(H,17,18)/t6-,7+,8-,9+,10+/m1/s1. The van der Waals surface area contributed by atoms with Crippen molar-refractivity contribution in [3.05, 3.63) is 0 Å². The number of fused-ring (bicyclic) bond motifs is 5. The second-order valence-corrected chi connectivity index (χ2v) is 5.69. The first-order chi connectivity index (χ1) is 8.56. The van der Waals surface area contributed by atoms with Crippen LogP contribution in [0.3, 0.4) is 0 Å². The molecule has 1 saturated heterocycles. The van der Waals surface area contributed by atoms with Crippen LogP contribution in [-0.2, 0) is 14.4 Å². The monoisotopic (exact) mass is 251 g/mol. The highest BCUT2D eigenvalue weighted by atomic mass is 16.4. The maximum atomic E-state index is 12.3. The van der Waals surface area contributed by atoms with Crippen LogP contribution in [0, 0.1) is 23.7 Å². The van der Waals surface area contributed by atoms with E-state index >= 15 is 0 Å². The van der Waals surface area contributed by atoms with Crippen molar-refractivity contribution >= 4 is 17.8 Å². The molecule has 1 heterocycles. The summed E-state index contributed by atoms with van der Waals surface area (Å²) >= 11 is 0. The van der Waals surface area contributed by atoms with Crippen molar-refractivity contribution in [1.82, 2.24) is 4.90 Å². The Bertz CT molecular complexity index is 405. The molecule has 0 aromatic carbocycles. The van der Waals surface area contributed by atoms with E-state index in [1.807, 2.05) is 0 Å². The van der Waals surface area contributed by atoms with Crippen molar-refractivity contribution in [3.63, 3.8) is 0 Å². The molecular weight excluding hydrogens is 234 g/mol. The fraction of sp³-hybridized carbons (Fsp3) is 0.769. The van der Waals surface area contributed by atoms with E-state index in [0.29, 0.717) is 11.8 Å². The molecule has 5 nitrogen and oxygen atoms in total. The van der Waals surface area contributed by atoms with Crippen LogP contribution in [0.5, 0.6) is 0 Å². The lowest BCUT2D eigenvalue weighted by Gasteiger charge is -2.23. The van der Waals surface area contributed by atoms with E-state index in [0.717, 1.165) is 24.2 Å². The van der Waals surface area contributed by atoms with Crippen molar-refractivity contribution in [3.8, 4) is 0 Å². The van der Waals surface area contributed by atoms with Gasteiger partial charge in [-0.25, -0.2) is 4.79 Å². The smallest absolute Gasteiger partial charge is 0.326 e. The summed E-state index contributed by atoms with van der Waals surface area (Å²) < 4.78 is 0. The summed E-state index contributed by atoms with van der Waals surface area (Å²) in [5.41, 5.74) is 0. The second-order valence-electron chi connectivity index (χ2n) is 5.69. The average Bonchev–Trinajstić information content (AvgIpc) is 2.98. The number of aliphatic carboxylic acids is 1. The first kappa shape index (κ1) is 11.7. The zero-order valence-electron chi connectivity index (χ0n) is 10.3. The van der Waals surface area contributed by atoms with E-state index < -0.39 is 12.0 Å². The molecule has 0 spiro atoms. The number of hydrogen-bond donors (Lipinski definition) is 1. The lowest BCUT2D eigenvalue weighted by Crippen LogP contribution is -2.45. The van der Waals surface area contributed by atoms with Crippen LogP contribution in [0.2, 0.25) is 0 Å². The van der Waals surface area contributed by atoms with E-state index in [1.54, 1.807) is 6.92 Å². The number of nitrogens with zero attached hydrogens (tertiary/aromatic N) is 1. The number of carboxylic acids is 1. The predicted molar refractivity (Wildman–Crippen MR) is 61.4 cm³/mol. The van der Waals surface area contributed by atoms with Gasteiger partial charge in [0.2, 0.25) is 11.8 Å². The Kier molecular flexibility index (Phi) is 2.47. The van der Waals surface area contributed by atoms with Crippen molar-refractivity contribution < 1.29 is 19.5 Å². The molecule has 1 N–H and O–H groups in total. The second kappa shape index (κ2) is 3.80. The highest BCUT2D eigenvalue weighted by molar-refractivity contribution is 6.08. The molecular formula is C13H17NO4. The Morgan fingerprint density at radius 3 is 2.17 bits per heavy atom. The van der Waals surface area contributed by atoms with Gasteiger partial charge in [-0.1, -0.05) is 6.92 Å². The highest BCUT2D eigenvalue weighted by Crippen LogP contribution is 2.56. The topological polar surface area (TPSA) is 74.7 Å². The van der Waals surface area contributed by atoms with Gasteiger partial charge >= 0.3 is 5.97 Å². The van der Waals surface area contributed by atoms with E-state index in [4.69, 9.17) is 5.11 Å². The molecule has 2 saturated carbocycles. The molecule has 18 heavy (non-hydrogen) atoms. The molecule has 0 unspecified atom stereocenters. The summed E-state index contributed by atoms with van der Waals surface area (Å²) in [5.74, 6) is -1.35. The molecule has 0 radical (unpaired) electrons. The Balaban J connectivity index is 1.93. The largest absolute Gasteiger partial charge is 0.480 e. The molecule has 2 aliphatic carbocycles. The predicted octanol–water partition coefficient (Wildman–Crippen LogP) is 0.881. The van der Waals surface area contributed by atoms with Crippen molar-refractivity contribution in [2.45, 2.75) is 38.6 Å². The summed E-state index contributed by atoms with van der Waals surface area (Å²) in [4.78, 5) is 36.9. The van der Waals surface area contributed by atoms with E-state index in [1.165, 1.54) is 0 Å². The number of imide groups is 1. The van der Waals surface area contributed by atoms with Crippen LogP contribution in [0.25, 0.3) is 0 Å². The molecule has 3 rings (SSSR count). The van der Waals surface area contributed by atoms with Gasteiger partial charge in [0.05, 0.1) is 11.8 Å². The third-order valence-electron chi connectivity index (χ3n) is 4.94. The maximum absolute atomic E-state index is 12.3. The number of carbonyl (C=O) groups excluding carboxylic acids is 2. The lowest BCUT2D eigenvalue weighted by atomic mass is 9.81. The first-order valence-corrected chi connectivity index (χ1v) is 6.66. The Morgan fingerprint density at radius 1 is 1.28 bits per heavy atom. The van der Waals surface area contributed by atoms with Gasteiger partial charge in [-0.15, -0.1) is 0 Å². The van der Waals surface area contributed by atoms with Crippen LogP contribution in [-0.4, -0.2) is 33.8 Å². The average molecular weight is 251 g/mol. The molecule has 3 fully saturated rings. The number of hydrogen-bond acceptors (Lipinski definition) is 3. The van der Waals surface area contributed by atoms with Gasteiger partial charge in [0.1, 0.15) is 6.04 Å². The zero-order chi connectivity index (χ0) is 13.0. The molecule has 5 atom stereocenters. The van der Waals surface area contributed by atoms with Crippen molar-refractivity contribution in [1.29, 1.82) is 0 Å². The van der Waals surface area contributed by atoms with Crippen molar-refractivity contribution in [2.24, 2.45) is 23.7 Å². The molecule has 2 amide bonds. The Labute approximate surface area is 105 Å². The molecule has 0 aromatic heterocycles. The van der Waals surface area contributed by atoms with Gasteiger partial charge in [-0.2, -0.15) is 0 Å². The number of amides is 2. The van der Waals surface area contributed by atoms with Crippen LogP contribution in [0.1, 0.15) is 32.6 Å². The van der Waals surface area contributed by atoms with Crippen LogP contribution >= 0.6 is 0 Å². The molecule has 98 valence electrons. The fourth-order valence-corrected chi connectivity index (χ4v) is 4.21. The molecule has 2 bridgehead atoms. The molecule has 0 aromatic rings. The first-order valence-electron chi connectivity index (χ1n) is 6.66. The van der Waals surface area contributed by atoms with Gasteiger partial charge in [0.15, 0.2) is 0 Å². The summed E-state index contributed by atoms with van der Waals surface area (Å²) in [5, 5.41) is 9.13. The Morgan fingerprint density at radius 2 is 1.78 bits per heavy atom. The highest BCUT2D eigenvalue weighted by Gasteiger charge is 2.62. The van der Waals surface area contributed by atoms with E-state index in [9.17, 15) is 14.4 Å². The van der Waals surface area contributed by atoms with Crippen LogP contribution in [0.15, 0.2) is 0 Å². The zero-order valence-corrected chi connectivity index (χ0v) is 10.3. The maximum Gasteiger partial charge on any atom is 0.326 e. The third-order valence-corrected chi connectivity index (χ3v) is 4.94. The minimum absolute atomic E-state index is 0.218. The van der Waals surface area contributed by atoms with Gasteiger partial charge in [-0.05, 0) is 37.5 Å². The molecule has 1 aliphatic heterocycles. The van der Waals surface area contributed by atoms with Gasteiger partial charge in [0, 0.05) is 0 Å². The summed E-state index contributed by atoms with van der Waals surface area (Å²) in [6.07, 6.45) is 3.29. The Hall–Kier alpha value is -1.39. The van der Waals surface area contributed by atoms with Crippen molar-refractivity contribution in [2.75, 3.05) is 0 Å². The summed E-state index contributed by atoms with van der Waals surface area (Å²) in [6.45, 7) is 1.70. The lowest BCUT2D eigenvalue weighted by molar-refractivity contribution is -0.155. The molecule has 3 aliphatic rings. The number of likely N-dealkylation sites (tertiary alicyclic amines) is 1. The fourth-order valence-electron chi connectivity index (χ4n) is 4.21. The summed E-state index contributed by atoms with van der Waals surface area (Å²) in [6, 6.07) is -0.977. The third kappa shape index (κ3) is 1.30. The summed E-state index contributed by atoms with van der Waals surface area (Å²) in [7, 11) is 0. The van der Waals surface area contributed by atoms with Gasteiger partial charge < -0.3 is 5.11 Å². The van der Waals surface area contributed by atoms with Crippen LogP contribution in [0.4, 0.5) is 0 Å². The van der Waals surface area contributed by atoms with Gasteiger partial charge in [-0.3, -0.25) is 14.5 Å². The quantitative estimate of drug-likeness (QED) is 0.756.